The molecule has 5 nitrogen and oxygen atoms in total. The fourth-order valence-electron chi connectivity index (χ4n) is 2.74. The molecular formula is C19H20N2O3S2. The van der Waals surface area contributed by atoms with Crippen LogP contribution in [0.2, 0.25) is 0 Å². The maximum atomic E-state index is 12.7. The third-order valence-corrected chi connectivity index (χ3v) is 6.00. The number of carbonyl (C=O) groups is 2. The molecule has 1 aliphatic rings. The molecule has 2 aromatic rings. The number of para-hydroxylation sites is 1. The van der Waals surface area contributed by atoms with Crippen LogP contribution in [-0.2, 0) is 9.53 Å². The molecule has 3 rings (SSSR count). The SMILES string of the molecule is CSc1ncccc1C(=O)OCC(=O)N1CCC(C)Sc2ccccc21. The molecule has 2 heterocycles. The number of amides is 1. The monoisotopic (exact) mass is 388 g/mol. The van der Waals surface area contributed by atoms with Crippen molar-refractivity contribution in [2.75, 3.05) is 24.3 Å². The number of fused-ring (bicyclic) bond motifs is 1. The minimum atomic E-state index is -0.526. The first-order valence-electron chi connectivity index (χ1n) is 8.32. The van der Waals surface area contributed by atoms with Crippen LogP contribution in [0.5, 0.6) is 0 Å². The second kappa shape index (κ2) is 8.60. The van der Waals surface area contributed by atoms with Crippen LogP contribution in [0.1, 0.15) is 23.7 Å². The summed E-state index contributed by atoms with van der Waals surface area (Å²) in [4.78, 5) is 32.0. The second-order valence-electron chi connectivity index (χ2n) is 5.87. The lowest BCUT2D eigenvalue weighted by Gasteiger charge is -2.22. The van der Waals surface area contributed by atoms with Crippen LogP contribution in [0.4, 0.5) is 5.69 Å². The van der Waals surface area contributed by atoms with E-state index in [-0.39, 0.29) is 12.5 Å². The van der Waals surface area contributed by atoms with Crippen molar-refractivity contribution in [1.29, 1.82) is 0 Å². The predicted molar refractivity (Wildman–Crippen MR) is 105 cm³/mol. The minimum absolute atomic E-state index is 0.213. The average molecular weight is 389 g/mol. The highest BCUT2D eigenvalue weighted by molar-refractivity contribution is 8.00. The van der Waals surface area contributed by atoms with Gasteiger partial charge in [-0.15, -0.1) is 23.5 Å². The third kappa shape index (κ3) is 4.22. The Morgan fingerprint density at radius 3 is 2.92 bits per heavy atom. The largest absolute Gasteiger partial charge is 0.452 e. The summed E-state index contributed by atoms with van der Waals surface area (Å²) >= 11 is 3.14. The Labute approximate surface area is 161 Å². The van der Waals surface area contributed by atoms with Crippen molar-refractivity contribution in [2.24, 2.45) is 0 Å². The van der Waals surface area contributed by atoms with E-state index in [0.717, 1.165) is 17.0 Å². The van der Waals surface area contributed by atoms with E-state index in [1.807, 2.05) is 30.5 Å². The van der Waals surface area contributed by atoms with Crippen molar-refractivity contribution in [3.63, 3.8) is 0 Å². The Morgan fingerprint density at radius 2 is 2.12 bits per heavy atom. The van der Waals surface area contributed by atoms with Gasteiger partial charge < -0.3 is 9.64 Å². The Kier molecular flexibility index (Phi) is 6.21. The van der Waals surface area contributed by atoms with Gasteiger partial charge in [0.2, 0.25) is 0 Å². The summed E-state index contributed by atoms with van der Waals surface area (Å²) in [6.45, 7) is 2.49. The number of pyridine rings is 1. The van der Waals surface area contributed by atoms with Crippen LogP contribution in [0.15, 0.2) is 52.5 Å². The number of esters is 1. The molecule has 0 saturated heterocycles. The highest BCUT2D eigenvalue weighted by Crippen LogP contribution is 2.37. The molecule has 0 aliphatic carbocycles. The van der Waals surface area contributed by atoms with E-state index in [1.54, 1.807) is 35.0 Å². The summed E-state index contributed by atoms with van der Waals surface area (Å²) in [5.41, 5.74) is 1.27. The second-order valence-corrected chi connectivity index (χ2v) is 8.14. The topological polar surface area (TPSA) is 59.5 Å². The summed E-state index contributed by atoms with van der Waals surface area (Å²) in [6.07, 6.45) is 4.36. The summed E-state index contributed by atoms with van der Waals surface area (Å²) in [7, 11) is 0. The lowest BCUT2D eigenvalue weighted by molar-refractivity contribution is -0.121. The van der Waals surface area contributed by atoms with Gasteiger partial charge in [-0.3, -0.25) is 4.79 Å². The number of hydrogen-bond donors (Lipinski definition) is 0. The molecule has 1 aromatic heterocycles. The number of rotatable bonds is 4. The molecular weight excluding hydrogens is 368 g/mol. The Morgan fingerprint density at radius 1 is 1.31 bits per heavy atom. The van der Waals surface area contributed by atoms with E-state index in [2.05, 4.69) is 11.9 Å². The zero-order valence-corrected chi connectivity index (χ0v) is 16.3. The number of nitrogens with zero attached hydrogens (tertiary/aromatic N) is 2. The van der Waals surface area contributed by atoms with Gasteiger partial charge in [0.25, 0.3) is 5.91 Å². The Bertz CT molecular complexity index is 813. The first-order chi connectivity index (χ1) is 12.6. The van der Waals surface area contributed by atoms with Crippen LogP contribution >= 0.6 is 23.5 Å². The van der Waals surface area contributed by atoms with E-state index >= 15 is 0 Å². The van der Waals surface area contributed by atoms with Gasteiger partial charge in [0, 0.05) is 22.9 Å². The van der Waals surface area contributed by atoms with Crippen LogP contribution < -0.4 is 4.90 Å². The van der Waals surface area contributed by atoms with E-state index in [1.165, 1.54) is 11.8 Å². The van der Waals surface area contributed by atoms with Crippen molar-refractivity contribution in [2.45, 2.75) is 28.5 Å². The van der Waals surface area contributed by atoms with Gasteiger partial charge in [-0.1, -0.05) is 19.1 Å². The summed E-state index contributed by atoms with van der Waals surface area (Å²) in [6, 6.07) is 11.2. The zero-order chi connectivity index (χ0) is 18.5. The summed E-state index contributed by atoms with van der Waals surface area (Å²) in [5, 5.41) is 1.02. The quantitative estimate of drug-likeness (QED) is 0.585. The number of hydrogen-bond acceptors (Lipinski definition) is 6. The lowest BCUT2D eigenvalue weighted by Crippen LogP contribution is -2.35. The van der Waals surface area contributed by atoms with Crippen molar-refractivity contribution in [1.82, 2.24) is 4.98 Å². The molecule has 0 bridgehead atoms. The number of carbonyl (C=O) groups excluding carboxylic acids is 2. The first-order valence-corrected chi connectivity index (χ1v) is 10.4. The average Bonchev–Trinajstić information content (AvgIpc) is 2.84. The van der Waals surface area contributed by atoms with E-state index in [9.17, 15) is 9.59 Å². The van der Waals surface area contributed by atoms with Gasteiger partial charge in [0.15, 0.2) is 6.61 Å². The lowest BCUT2D eigenvalue weighted by atomic mass is 10.2. The Balaban J connectivity index is 1.71. The molecule has 1 unspecified atom stereocenters. The molecule has 1 amide bonds. The highest BCUT2D eigenvalue weighted by Gasteiger charge is 2.25. The summed E-state index contributed by atoms with van der Waals surface area (Å²) < 4.78 is 5.28. The number of aromatic nitrogens is 1. The number of anilines is 1. The predicted octanol–water partition coefficient (Wildman–Crippen LogP) is 3.88. The molecule has 0 fully saturated rings. The molecule has 0 spiro atoms. The summed E-state index contributed by atoms with van der Waals surface area (Å²) in [5.74, 6) is -0.739. The Hall–Kier alpha value is -1.99. The van der Waals surface area contributed by atoms with Crippen LogP contribution in [0.3, 0.4) is 0 Å². The maximum absolute atomic E-state index is 12.7. The maximum Gasteiger partial charge on any atom is 0.341 e. The van der Waals surface area contributed by atoms with E-state index < -0.39 is 5.97 Å². The molecule has 26 heavy (non-hydrogen) atoms. The smallest absolute Gasteiger partial charge is 0.341 e. The van der Waals surface area contributed by atoms with Crippen molar-refractivity contribution in [3.8, 4) is 0 Å². The fraction of sp³-hybridized carbons (Fsp3) is 0.316. The van der Waals surface area contributed by atoms with Gasteiger partial charge in [-0.05, 0) is 36.9 Å². The third-order valence-electron chi connectivity index (χ3n) is 4.06. The molecule has 136 valence electrons. The van der Waals surface area contributed by atoms with Gasteiger partial charge in [0.1, 0.15) is 5.03 Å². The fourth-order valence-corrected chi connectivity index (χ4v) is 4.39. The molecule has 7 heteroatoms. The van der Waals surface area contributed by atoms with Crippen LogP contribution in [0, 0.1) is 0 Å². The normalized spacial score (nSPS) is 16.5. The van der Waals surface area contributed by atoms with Gasteiger partial charge in [-0.2, -0.15) is 0 Å². The van der Waals surface area contributed by atoms with Gasteiger partial charge in [-0.25, -0.2) is 9.78 Å². The molecule has 1 aromatic carbocycles. The zero-order valence-electron chi connectivity index (χ0n) is 14.7. The number of thioether (sulfide) groups is 2. The standard InChI is InChI=1S/C19H20N2O3S2/c1-13-9-11-21(15-7-3-4-8-16(15)26-13)17(22)12-24-19(23)14-6-5-10-20-18(14)25-2/h3-8,10,13H,9,11-12H2,1-2H3. The number of benzene rings is 1. The number of ether oxygens (including phenoxy) is 1. The minimum Gasteiger partial charge on any atom is -0.452 e. The van der Waals surface area contributed by atoms with Crippen molar-refractivity contribution < 1.29 is 14.3 Å². The first kappa shape index (κ1) is 18.8. The van der Waals surface area contributed by atoms with E-state index in [4.69, 9.17) is 4.74 Å². The molecule has 1 atom stereocenters. The van der Waals surface area contributed by atoms with Crippen LogP contribution in [0.25, 0.3) is 0 Å². The van der Waals surface area contributed by atoms with Crippen molar-refractivity contribution in [3.05, 3.63) is 48.2 Å². The molecule has 0 radical (unpaired) electrons. The van der Waals surface area contributed by atoms with Gasteiger partial charge in [0.05, 0.1) is 11.3 Å². The van der Waals surface area contributed by atoms with E-state index in [0.29, 0.717) is 22.4 Å². The van der Waals surface area contributed by atoms with Crippen molar-refractivity contribution >= 4 is 41.1 Å². The molecule has 0 saturated carbocycles. The van der Waals surface area contributed by atoms with Gasteiger partial charge >= 0.3 is 5.97 Å². The van der Waals surface area contributed by atoms with Crippen LogP contribution in [-0.4, -0.2) is 41.5 Å². The molecule has 1 aliphatic heterocycles. The molecule has 0 N–H and O–H groups in total. The highest BCUT2D eigenvalue weighted by atomic mass is 32.2.